The van der Waals surface area contributed by atoms with E-state index in [4.69, 9.17) is 4.42 Å². The van der Waals surface area contributed by atoms with Gasteiger partial charge in [-0.2, -0.15) is 25.3 Å². The molecule has 0 bridgehead atoms. The van der Waals surface area contributed by atoms with E-state index >= 15 is 0 Å². The Bertz CT molecular complexity index is 2850. The lowest BCUT2D eigenvalue weighted by atomic mass is 9.93. The van der Waals surface area contributed by atoms with Gasteiger partial charge in [-0.3, -0.25) is 13.7 Å². The average molecular weight is 767 g/mol. The number of anilines is 2. The third-order valence-corrected chi connectivity index (χ3v) is 10.3. The summed E-state index contributed by atoms with van der Waals surface area (Å²) in [7, 11) is -15.1. The Labute approximate surface area is 293 Å². The van der Waals surface area contributed by atoms with Crippen LogP contribution in [0.3, 0.4) is 0 Å². The Kier molecular flexibility index (Phi) is 8.95. The summed E-state index contributed by atoms with van der Waals surface area (Å²) in [5.41, 5.74) is -0.287. The van der Waals surface area contributed by atoms with Crippen LogP contribution in [0.15, 0.2) is 121 Å². The van der Waals surface area contributed by atoms with Crippen molar-refractivity contribution in [1.82, 2.24) is 0 Å². The maximum Gasteiger partial charge on any atom is 0.337 e. The zero-order valence-electron chi connectivity index (χ0n) is 25.8. The van der Waals surface area contributed by atoms with Crippen molar-refractivity contribution in [2.75, 3.05) is 5.32 Å². The van der Waals surface area contributed by atoms with Crippen molar-refractivity contribution in [3.05, 3.63) is 114 Å². The van der Waals surface area contributed by atoms with Crippen LogP contribution in [0.25, 0.3) is 33.4 Å². The van der Waals surface area contributed by atoms with Crippen LogP contribution in [-0.2, 0) is 30.4 Å². The van der Waals surface area contributed by atoms with Crippen molar-refractivity contribution in [2.24, 2.45) is 4.99 Å². The van der Waals surface area contributed by atoms with E-state index in [9.17, 15) is 58.7 Å². The van der Waals surface area contributed by atoms with E-state index in [-0.39, 0.29) is 44.7 Å². The quantitative estimate of drug-likeness (QED) is 0.0803. The number of nitrogens with one attached hydrogen (secondary N) is 1. The zero-order chi connectivity index (χ0) is 37.7. The molecule has 0 atom stereocenters. The number of hydrogen-bond acceptors (Lipinski definition) is 11. The Balaban J connectivity index is 1.68. The first-order valence-corrected chi connectivity index (χ1v) is 18.7. The SMILES string of the molecule is O=C(O)c1ccc(Nc2ccc3c(-c4ccccc4S(=O)(=O)O)c4cc(S(=O)(=O)O)/c(=N/c5ccc(C(=O)O)c(S(=O)(=O)O)c5)cc-4oc3c2)cc1. The fraction of sp³-hybridized carbons (Fsp3) is 0. The van der Waals surface area contributed by atoms with Gasteiger partial charge >= 0.3 is 11.9 Å². The van der Waals surface area contributed by atoms with Crippen molar-refractivity contribution in [1.29, 1.82) is 0 Å². The molecular formula is C33H22N2O14S3. The number of carbonyl (C=O) groups is 2. The summed E-state index contributed by atoms with van der Waals surface area (Å²) in [6.45, 7) is 0. The fourth-order valence-electron chi connectivity index (χ4n) is 5.44. The second-order valence-corrected chi connectivity index (χ2v) is 15.2. The van der Waals surface area contributed by atoms with Crippen molar-refractivity contribution < 1.29 is 63.1 Å². The van der Waals surface area contributed by atoms with E-state index in [0.717, 1.165) is 30.3 Å². The number of aromatic carboxylic acids is 2. The molecule has 0 fully saturated rings. The first-order chi connectivity index (χ1) is 24.3. The van der Waals surface area contributed by atoms with Gasteiger partial charge in [0.15, 0.2) is 0 Å². The second-order valence-electron chi connectivity index (χ2n) is 11.0. The minimum absolute atomic E-state index is 0.0396. The van der Waals surface area contributed by atoms with Crippen LogP contribution < -0.4 is 10.7 Å². The molecule has 0 spiro atoms. The molecule has 6 N–H and O–H groups in total. The monoisotopic (exact) mass is 766 g/mol. The first-order valence-electron chi connectivity index (χ1n) is 14.4. The smallest absolute Gasteiger partial charge is 0.337 e. The Hall–Kier alpha value is -5.96. The van der Waals surface area contributed by atoms with Gasteiger partial charge in [-0.05, 0) is 66.7 Å². The van der Waals surface area contributed by atoms with Crippen molar-refractivity contribution in [3.63, 3.8) is 0 Å². The van der Waals surface area contributed by atoms with E-state index in [0.29, 0.717) is 17.4 Å². The fourth-order valence-corrected chi connectivity index (χ4v) is 7.48. The van der Waals surface area contributed by atoms with Crippen LogP contribution in [0.1, 0.15) is 20.7 Å². The lowest BCUT2D eigenvalue weighted by molar-refractivity contribution is 0.0683. The highest BCUT2D eigenvalue weighted by Gasteiger charge is 2.27. The molecule has 1 heterocycles. The minimum atomic E-state index is -5.16. The molecule has 266 valence electrons. The van der Waals surface area contributed by atoms with Gasteiger partial charge in [0.05, 0.1) is 22.2 Å². The van der Waals surface area contributed by atoms with Gasteiger partial charge in [0, 0.05) is 45.6 Å². The van der Waals surface area contributed by atoms with Crippen LogP contribution in [0, 0.1) is 0 Å². The molecule has 52 heavy (non-hydrogen) atoms. The first kappa shape index (κ1) is 35.9. The van der Waals surface area contributed by atoms with E-state index in [2.05, 4.69) is 10.3 Å². The zero-order valence-corrected chi connectivity index (χ0v) is 28.3. The summed E-state index contributed by atoms with van der Waals surface area (Å²) in [5, 5.41) is 21.3. The van der Waals surface area contributed by atoms with Crippen molar-refractivity contribution in [2.45, 2.75) is 14.7 Å². The molecule has 0 saturated carbocycles. The highest BCUT2D eigenvalue weighted by atomic mass is 32.2. The Morgan fingerprint density at radius 1 is 0.615 bits per heavy atom. The van der Waals surface area contributed by atoms with Gasteiger partial charge in [0.25, 0.3) is 30.4 Å². The van der Waals surface area contributed by atoms with Crippen LogP contribution in [-0.4, -0.2) is 61.1 Å². The Morgan fingerprint density at radius 3 is 1.87 bits per heavy atom. The predicted molar refractivity (Wildman–Crippen MR) is 183 cm³/mol. The largest absolute Gasteiger partial charge is 0.478 e. The number of nitrogens with zero attached hydrogens (tertiary/aromatic N) is 1. The molecule has 6 rings (SSSR count). The molecule has 0 aromatic heterocycles. The number of benzene rings is 5. The van der Waals surface area contributed by atoms with Crippen molar-refractivity contribution in [3.8, 4) is 22.5 Å². The molecule has 2 aliphatic rings. The van der Waals surface area contributed by atoms with E-state index in [1.165, 1.54) is 54.6 Å². The standard InChI is InChI=1S/C33H22N2O14S3/c36-32(37)17-5-7-18(8-6-17)34-19-9-11-21-26(13-19)49-27-16-25(35-20-10-12-23(33(38)39)29(14-20)51(43,44)45)30(52(46,47)48)15-24(27)31(21)22-3-1-2-4-28(22)50(40,41)42/h1-16,34H,(H,36,37)(H,38,39)(H,40,41,42)(H,43,44,45)(H,46,47,48)/b35-25+. The van der Waals surface area contributed by atoms with Gasteiger partial charge < -0.3 is 19.9 Å². The number of carboxylic acid groups (broad SMARTS) is 2. The topological polar surface area (TPSA) is 275 Å². The lowest BCUT2D eigenvalue weighted by Gasteiger charge is -2.18. The maximum atomic E-state index is 12.7. The summed E-state index contributed by atoms with van der Waals surface area (Å²) in [6, 6.07) is 20.1. The average Bonchev–Trinajstić information content (AvgIpc) is 3.06. The number of fused-ring (bicyclic) bond motifs is 2. The van der Waals surface area contributed by atoms with E-state index in [1.54, 1.807) is 6.07 Å². The normalized spacial score (nSPS) is 12.6. The molecule has 1 aliphatic carbocycles. The highest BCUT2D eigenvalue weighted by molar-refractivity contribution is 7.86. The molecule has 1 aliphatic heterocycles. The molecule has 0 radical (unpaired) electrons. The van der Waals surface area contributed by atoms with Gasteiger partial charge in [0.2, 0.25) is 0 Å². The molecule has 16 nitrogen and oxygen atoms in total. The van der Waals surface area contributed by atoms with Gasteiger partial charge in [-0.25, -0.2) is 14.6 Å². The maximum absolute atomic E-state index is 12.7. The molecule has 0 saturated heterocycles. The predicted octanol–water partition coefficient (Wildman–Crippen LogP) is 5.32. The van der Waals surface area contributed by atoms with Gasteiger partial charge in [0.1, 0.15) is 26.0 Å². The van der Waals surface area contributed by atoms with E-state index < -0.39 is 67.9 Å². The third-order valence-electron chi connectivity index (χ3n) is 7.66. The minimum Gasteiger partial charge on any atom is -0.478 e. The molecule has 4 aromatic rings. The highest BCUT2D eigenvalue weighted by Crippen LogP contribution is 2.43. The van der Waals surface area contributed by atoms with Crippen molar-refractivity contribution >= 4 is 70.3 Å². The number of hydrogen-bond donors (Lipinski definition) is 6. The lowest BCUT2D eigenvalue weighted by Crippen LogP contribution is -2.16. The Morgan fingerprint density at radius 2 is 1.25 bits per heavy atom. The summed E-state index contributed by atoms with van der Waals surface area (Å²) in [4.78, 5) is 24.5. The van der Waals surface area contributed by atoms with Gasteiger partial charge in [-0.1, -0.05) is 18.2 Å². The van der Waals surface area contributed by atoms with Crippen LogP contribution >= 0.6 is 0 Å². The summed E-state index contributed by atoms with van der Waals surface area (Å²) < 4.78 is 111. The number of carboxylic acids is 2. The number of rotatable bonds is 9. The van der Waals surface area contributed by atoms with Crippen LogP contribution in [0.5, 0.6) is 0 Å². The van der Waals surface area contributed by atoms with Crippen LogP contribution in [0.2, 0.25) is 0 Å². The third kappa shape index (κ3) is 7.12. The van der Waals surface area contributed by atoms with Gasteiger partial charge in [-0.15, -0.1) is 0 Å². The summed E-state index contributed by atoms with van der Waals surface area (Å²) in [6.07, 6.45) is 0. The molecular weight excluding hydrogens is 745 g/mol. The van der Waals surface area contributed by atoms with Crippen LogP contribution in [0.4, 0.5) is 17.1 Å². The molecule has 19 heteroatoms. The molecule has 0 unspecified atom stereocenters. The second kappa shape index (κ2) is 13.0. The molecule has 0 amide bonds. The summed E-state index contributed by atoms with van der Waals surface area (Å²) in [5.74, 6) is -2.98. The summed E-state index contributed by atoms with van der Waals surface area (Å²) >= 11 is 0. The van der Waals surface area contributed by atoms with E-state index in [1.807, 2.05) is 0 Å². The molecule has 4 aromatic carbocycles.